The molecule has 0 bridgehead atoms. The van der Waals surface area contributed by atoms with Crippen LogP contribution in [0.15, 0.2) is 66.7 Å². The third-order valence-electron chi connectivity index (χ3n) is 8.32. The smallest absolute Gasteiger partial charge is 0.235 e. The molecule has 37 heavy (non-hydrogen) atoms. The highest BCUT2D eigenvalue weighted by molar-refractivity contribution is 6.09. The maximum absolute atomic E-state index is 12.9. The molecule has 1 saturated carbocycles. The number of piperidine rings is 1. The van der Waals surface area contributed by atoms with E-state index in [4.69, 9.17) is 4.74 Å². The molecule has 2 atom stereocenters. The molecule has 1 spiro atoms. The molecule has 3 aliphatic rings. The van der Waals surface area contributed by atoms with Crippen LogP contribution in [0.25, 0.3) is 23.1 Å². The Kier molecular flexibility index (Phi) is 5.18. The van der Waals surface area contributed by atoms with Crippen molar-refractivity contribution < 1.29 is 9.53 Å². The van der Waals surface area contributed by atoms with Crippen molar-refractivity contribution in [2.45, 2.75) is 36.7 Å². The number of nitrogens with one attached hydrogen (secondary N) is 2. The van der Waals surface area contributed by atoms with Gasteiger partial charge in [-0.1, -0.05) is 48.5 Å². The summed E-state index contributed by atoms with van der Waals surface area (Å²) in [7, 11) is 2.16. The van der Waals surface area contributed by atoms with Gasteiger partial charge in [0.25, 0.3) is 0 Å². The second kappa shape index (κ2) is 8.60. The van der Waals surface area contributed by atoms with Gasteiger partial charge in [0, 0.05) is 30.1 Å². The van der Waals surface area contributed by atoms with E-state index in [0.29, 0.717) is 6.10 Å². The number of nitrogens with zero attached hydrogens (tertiary/aromatic N) is 2. The van der Waals surface area contributed by atoms with Gasteiger partial charge in [-0.15, -0.1) is 0 Å². The number of carbonyl (C=O) groups is 1. The van der Waals surface area contributed by atoms with E-state index < -0.39 is 5.41 Å². The Hall–Kier alpha value is -3.90. The maximum atomic E-state index is 12.9. The highest BCUT2D eigenvalue weighted by atomic mass is 16.5. The number of benzene rings is 3. The Morgan fingerprint density at radius 3 is 2.68 bits per heavy atom. The summed E-state index contributed by atoms with van der Waals surface area (Å²) in [4.78, 5) is 15.2. The van der Waals surface area contributed by atoms with E-state index in [-0.39, 0.29) is 11.8 Å². The summed E-state index contributed by atoms with van der Waals surface area (Å²) in [5.74, 6) is 1.24. The predicted octanol–water partition coefficient (Wildman–Crippen LogP) is 5.58. The monoisotopic (exact) mass is 490 g/mol. The first-order chi connectivity index (χ1) is 18.1. The molecule has 2 N–H and O–H groups in total. The fourth-order valence-electron chi connectivity index (χ4n) is 6.08. The number of fused-ring (bicyclic) bond motifs is 3. The summed E-state index contributed by atoms with van der Waals surface area (Å²) in [5, 5.41) is 11.9. The van der Waals surface area contributed by atoms with Gasteiger partial charge in [-0.05, 0) is 73.3 Å². The normalized spacial score (nSPS) is 23.6. The minimum Gasteiger partial charge on any atom is -0.490 e. The number of rotatable bonds is 5. The Balaban J connectivity index is 1.06. The van der Waals surface area contributed by atoms with E-state index in [1.807, 2.05) is 24.3 Å². The van der Waals surface area contributed by atoms with E-state index in [1.54, 1.807) is 0 Å². The minimum absolute atomic E-state index is 0.120. The molecular weight excluding hydrogens is 460 g/mol. The molecule has 2 aliphatic heterocycles. The number of hydrogen-bond donors (Lipinski definition) is 2. The van der Waals surface area contributed by atoms with Crippen molar-refractivity contribution in [1.82, 2.24) is 15.1 Å². The summed E-state index contributed by atoms with van der Waals surface area (Å²) < 4.78 is 6.17. The van der Waals surface area contributed by atoms with Crippen molar-refractivity contribution in [2.75, 3.05) is 25.5 Å². The van der Waals surface area contributed by atoms with E-state index >= 15 is 0 Å². The minimum atomic E-state index is -0.420. The first kappa shape index (κ1) is 22.3. The zero-order chi connectivity index (χ0) is 25.0. The molecule has 6 heteroatoms. The Morgan fingerprint density at radius 2 is 1.84 bits per heavy atom. The number of aromatic amines is 1. The number of para-hydroxylation sites is 1. The Bertz CT molecular complexity index is 1510. The van der Waals surface area contributed by atoms with Crippen LogP contribution in [0, 0.1) is 0 Å². The summed E-state index contributed by atoms with van der Waals surface area (Å²) in [6.07, 6.45) is 7.44. The van der Waals surface area contributed by atoms with Crippen LogP contribution in [0.1, 0.15) is 47.6 Å². The lowest BCUT2D eigenvalue weighted by Crippen LogP contribution is -2.35. The van der Waals surface area contributed by atoms with Crippen LogP contribution in [0.2, 0.25) is 0 Å². The SMILES string of the molecule is CN1CCC(Oc2ccc(C=Cc3n[nH]c4cc(C5CC56C(=O)Nc5ccccc56)ccc34)cc2)CC1. The van der Waals surface area contributed by atoms with Crippen molar-refractivity contribution in [3.8, 4) is 5.75 Å². The molecule has 1 saturated heterocycles. The van der Waals surface area contributed by atoms with Gasteiger partial charge in [0.05, 0.1) is 16.6 Å². The van der Waals surface area contributed by atoms with E-state index in [2.05, 4.69) is 82.1 Å². The molecule has 4 aromatic rings. The molecule has 7 rings (SSSR count). The fraction of sp³-hybridized carbons (Fsp3) is 0.290. The molecular formula is C31H30N4O2. The molecule has 1 aliphatic carbocycles. The Morgan fingerprint density at radius 1 is 1.03 bits per heavy atom. The fourth-order valence-corrected chi connectivity index (χ4v) is 6.08. The topological polar surface area (TPSA) is 70.2 Å². The van der Waals surface area contributed by atoms with Crippen LogP contribution in [0.5, 0.6) is 5.75 Å². The van der Waals surface area contributed by atoms with Gasteiger partial charge < -0.3 is 15.0 Å². The summed E-state index contributed by atoms with van der Waals surface area (Å²) in [6.45, 7) is 2.19. The van der Waals surface area contributed by atoms with E-state index in [1.165, 1.54) is 5.56 Å². The first-order valence-corrected chi connectivity index (χ1v) is 13.1. The summed E-state index contributed by atoms with van der Waals surface area (Å²) in [6, 6.07) is 22.8. The van der Waals surface area contributed by atoms with Crippen molar-refractivity contribution in [3.05, 3.63) is 89.1 Å². The second-order valence-electron chi connectivity index (χ2n) is 10.7. The van der Waals surface area contributed by atoms with Gasteiger partial charge in [-0.2, -0.15) is 5.10 Å². The number of aromatic nitrogens is 2. The number of ether oxygens (including phenoxy) is 1. The van der Waals surface area contributed by atoms with Crippen LogP contribution in [-0.2, 0) is 10.2 Å². The standard InChI is InChI=1S/C31H30N4O2/c1-35-16-14-23(15-17-35)37-22-10-6-20(7-11-22)8-13-27-24-12-9-21(18-29(24)34-33-27)26-19-31(26)25-4-2-3-5-28(25)32-30(31)36/h2-13,18,23,26H,14-17,19H2,1H3,(H,32,36)(H,33,34). The number of H-pyrrole nitrogens is 1. The van der Waals surface area contributed by atoms with Gasteiger partial charge in [0.15, 0.2) is 0 Å². The van der Waals surface area contributed by atoms with Gasteiger partial charge in [0.2, 0.25) is 5.91 Å². The van der Waals surface area contributed by atoms with Crippen LogP contribution >= 0.6 is 0 Å². The van der Waals surface area contributed by atoms with Gasteiger partial charge in [0.1, 0.15) is 11.9 Å². The molecule has 1 amide bonds. The lowest BCUT2D eigenvalue weighted by atomic mass is 9.92. The second-order valence-corrected chi connectivity index (χ2v) is 10.7. The lowest BCUT2D eigenvalue weighted by Gasteiger charge is -2.29. The van der Waals surface area contributed by atoms with E-state index in [0.717, 1.165) is 71.5 Å². The van der Waals surface area contributed by atoms with Crippen molar-refractivity contribution in [3.63, 3.8) is 0 Å². The molecule has 2 fully saturated rings. The quantitative estimate of drug-likeness (QED) is 0.383. The van der Waals surface area contributed by atoms with E-state index in [9.17, 15) is 4.79 Å². The molecule has 2 unspecified atom stereocenters. The largest absolute Gasteiger partial charge is 0.490 e. The number of likely N-dealkylation sites (tertiary alicyclic amines) is 1. The summed E-state index contributed by atoms with van der Waals surface area (Å²) >= 11 is 0. The zero-order valence-corrected chi connectivity index (χ0v) is 20.9. The predicted molar refractivity (Wildman–Crippen MR) is 147 cm³/mol. The number of carbonyl (C=O) groups excluding carboxylic acids is 1. The number of amides is 1. The highest BCUT2D eigenvalue weighted by Gasteiger charge is 2.65. The van der Waals surface area contributed by atoms with Crippen molar-refractivity contribution >= 4 is 34.6 Å². The van der Waals surface area contributed by atoms with Crippen LogP contribution < -0.4 is 10.1 Å². The van der Waals surface area contributed by atoms with Crippen LogP contribution in [-0.4, -0.2) is 47.2 Å². The van der Waals surface area contributed by atoms with Crippen LogP contribution in [0.3, 0.4) is 0 Å². The first-order valence-electron chi connectivity index (χ1n) is 13.1. The highest BCUT2D eigenvalue weighted by Crippen LogP contribution is 2.64. The molecule has 3 heterocycles. The molecule has 1 aromatic heterocycles. The summed E-state index contributed by atoms with van der Waals surface area (Å²) in [5.41, 5.74) is 5.84. The zero-order valence-electron chi connectivity index (χ0n) is 20.9. The molecule has 6 nitrogen and oxygen atoms in total. The Labute approximate surface area is 216 Å². The molecule has 0 radical (unpaired) electrons. The third-order valence-corrected chi connectivity index (χ3v) is 8.32. The number of anilines is 1. The van der Waals surface area contributed by atoms with Crippen LogP contribution in [0.4, 0.5) is 5.69 Å². The average Bonchev–Trinajstić information content (AvgIpc) is 3.46. The van der Waals surface area contributed by atoms with Gasteiger partial charge in [-0.3, -0.25) is 9.89 Å². The van der Waals surface area contributed by atoms with Gasteiger partial charge >= 0.3 is 0 Å². The molecule has 3 aromatic carbocycles. The van der Waals surface area contributed by atoms with Crippen molar-refractivity contribution in [2.24, 2.45) is 0 Å². The van der Waals surface area contributed by atoms with Crippen molar-refractivity contribution in [1.29, 1.82) is 0 Å². The maximum Gasteiger partial charge on any atom is 0.235 e. The molecule has 186 valence electrons. The number of hydrogen-bond acceptors (Lipinski definition) is 4. The lowest BCUT2D eigenvalue weighted by molar-refractivity contribution is -0.118. The average molecular weight is 491 g/mol. The van der Waals surface area contributed by atoms with Gasteiger partial charge in [-0.25, -0.2) is 0 Å². The third kappa shape index (κ3) is 3.83.